The Morgan fingerprint density at radius 2 is 2.35 bits per heavy atom. The monoisotopic (exact) mass is 242 g/mol. The van der Waals surface area contributed by atoms with Gasteiger partial charge in [0.15, 0.2) is 0 Å². The van der Waals surface area contributed by atoms with Gasteiger partial charge in [-0.15, -0.1) is 0 Å². The number of esters is 1. The standard InChI is InChI=1S/C13H26N2O2/c1-4-17-13(16)12-6-5-7-15(10-12)9-11(2)8-14-3/h11-12,14H,4-10H2,1-3H3. The van der Waals surface area contributed by atoms with Crippen LogP contribution in [0.4, 0.5) is 0 Å². The minimum atomic E-state index is -0.0153. The number of hydrogen-bond acceptors (Lipinski definition) is 4. The van der Waals surface area contributed by atoms with Crippen LogP contribution in [0.3, 0.4) is 0 Å². The van der Waals surface area contributed by atoms with Crippen LogP contribution in [0, 0.1) is 11.8 Å². The van der Waals surface area contributed by atoms with Gasteiger partial charge in [-0.25, -0.2) is 0 Å². The number of rotatable bonds is 6. The lowest BCUT2D eigenvalue weighted by atomic mass is 9.97. The molecule has 2 atom stereocenters. The van der Waals surface area contributed by atoms with Gasteiger partial charge in [-0.1, -0.05) is 6.92 Å². The van der Waals surface area contributed by atoms with Crippen molar-refractivity contribution in [3.8, 4) is 0 Å². The molecule has 0 aliphatic carbocycles. The molecule has 0 spiro atoms. The number of nitrogens with one attached hydrogen (secondary N) is 1. The third-order valence-electron chi connectivity index (χ3n) is 3.25. The zero-order valence-electron chi connectivity index (χ0n) is 11.4. The van der Waals surface area contributed by atoms with Crippen LogP contribution in [0.25, 0.3) is 0 Å². The van der Waals surface area contributed by atoms with Crippen LogP contribution in [0.1, 0.15) is 26.7 Å². The first-order valence-electron chi connectivity index (χ1n) is 6.71. The molecule has 1 rings (SSSR count). The second kappa shape index (κ2) is 7.67. The number of carbonyl (C=O) groups excluding carboxylic acids is 1. The maximum atomic E-state index is 11.7. The molecule has 1 aliphatic rings. The summed E-state index contributed by atoms with van der Waals surface area (Å²) in [6.07, 6.45) is 2.09. The molecule has 0 saturated carbocycles. The van der Waals surface area contributed by atoms with Crippen molar-refractivity contribution >= 4 is 5.97 Å². The van der Waals surface area contributed by atoms with Crippen molar-refractivity contribution in [3.05, 3.63) is 0 Å². The highest BCUT2D eigenvalue weighted by Gasteiger charge is 2.27. The smallest absolute Gasteiger partial charge is 0.310 e. The molecule has 1 aliphatic heterocycles. The second-order valence-corrected chi connectivity index (χ2v) is 5.01. The summed E-state index contributed by atoms with van der Waals surface area (Å²) in [7, 11) is 1.98. The highest BCUT2D eigenvalue weighted by atomic mass is 16.5. The Bertz CT molecular complexity index is 233. The molecular weight excluding hydrogens is 216 g/mol. The number of likely N-dealkylation sites (tertiary alicyclic amines) is 1. The third kappa shape index (κ3) is 5.04. The van der Waals surface area contributed by atoms with E-state index in [1.807, 2.05) is 14.0 Å². The molecular formula is C13H26N2O2. The number of ether oxygens (including phenoxy) is 1. The van der Waals surface area contributed by atoms with Crippen molar-refractivity contribution in [2.24, 2.45) is 11.8 Å². The summed E-state index contributed by atoms with van der Waals surface area (Å²) in [6.45, 7) is 8.68. The molecule has 0 bridgehead atoms. The van der Waals surface area contributed by atoms with E-state index < -0.39 is 0 Å². The lowest BCUT2D eigenvalue weighted by Gasteiger charge is -2.33. The summed E-state index contributed by atoms with van der Waals surface area (Å²) < 4.78 is 5.10. The molecule has 0 aromatic rings. The van der Waals surface area contributed by atoms with E-state index in [2.05, 4.69) is 17.1 Å². The van der Waals surface area contributed by atoms with Crippen LogP contribution in [0.5, 0.6) is 0 Å². The Morgan fingerprint density at radius 1 is 1.59 bits per heavy atom. The molecule has 1 N–H and O–H groups in total. The first-order chi connectivity index (χ1) is 8.17. The van der Waals surface area contributed by atoms with Crippen LogP contribution >= 0.6 is 0 Å². The van der Waals surface area contributed by atoms with E-state index in [0.717, 1.165) is 39.0 Å². The predicted molar refractivity (Wildman–Crippen MR) is 68.9 cm³/mol. The summed E-state index contributed by atoms with van der Waals surface area (Å²) in [5.41, 5.74) is 0. The first-order valence-corrected chi connectivity index (χ1v) is 6.71. The van der Waals surface area contributed by atoms with Crippen LogP contribution in [0.15, 0.2) is 0 Å². The summed E-state index contributed by atoms with van der Waals surface area (Å²) in [4.78, 5) is 14.1. The second-order valence-electron chi connectivity index (χ2n) is 5.01. The van der Waals surface area contributed by atoms with Gasteiger partial charge in [-0.2, -0.15) is 0 Å². The fourth-order valence-corrected chi connectivity index (χ4v) is 2.53. The van der Waals surface area contributed by atoms with Crippen molar-refractivity contribution in [3.63, 3.8) is 0 Å². The minimum absolute atomic E-state index is 0.0153. The zero-order chi connectivity index (χ0) is 12.7. The van der Waals surface area contributed by atoms with E-state index in [0.29, 0.717) is 12.5 Å². The fourth-order valence-electron chi connectivity index (χ4n) is 2.53. The molecule has 0 radical (unpaired) electrons. The highest BCUT2D eigenvalue weighted by Crippen LogP contribution is 2.18. The molecule has 0 aromatic carbocycles. The van der Waals surface area contributed by atoms with Gasteiger partial charge in [-0.05, 0) is 45.8 Å². The van der Waals surface area contributed by atoms with E-state index in [1.165, 1.54) is 0 Å². The number of hydrogen-bond donors (Lipinski definition) is 1. The SMILES string of the molecule is CCOC(=O)C1CCCN(CC(C)CNC)C1. The van der Waals surface area contributed by atoms with Gasteiger partial charge in [-0.3, -0.25) is 4.79 Å². The average Bonchev–Trinajstić information content (AvgIpc) is 2.30. The van der Waals surface area contributed by atoms with Crippen molar-refractivity contribution < 1.29 is 9.53 Å². The molecule has 0 amide bonds. The molecule has 1 saturated heterocycles. The van der Waals surface area contributed by atoms with Crippen LogP contribution < -0.4 is 5.32 Å². The average molecular weight is 242 g/mol. The number of piperidine rings is 1. The van der Waals surface area contributed by atoms with Crippen LogP contribution in [-0.2, 0) is 9.53 Å². The van der Waals surface area contributed by atoms with Gasteiger partial charge < -0.3 is 15.0 Å². The predicted octanol–water partition coefficient (Wildman–Crippen LogP) is 1.12. The van der Waals surface area contributed by atoms with Crippen molar-refractivity contribution in [1.29, 1.82) is 0 Å². The quantitative estimate of drug-likeness (QED) is 0.709. The fraction of sp³-hybridized carbons (Fsp3) is 0.923. The zero-order valence-corrected chi connectivity index (χ0v) is 11.4. The largest absolute Gasteiger partial charge is 0.466 e. The van der Waals surface area contributed by atoms with Gasteiger partial charge >= 0.3 is 5.97 Å². The number of carbonyl (C=O) groups is 1. The van der Waals surface area contributed by atoms with Gasteiger partial charge in [0.25, 0.3) is 0 Å². The Balaban J connectivity index is 2.35. The molecule has 2 unspecified atom stereocenters. The van der Waals surface area contributed by atoms with Crippen LogP contribution in [0.2, 0.25) is 0 Å². The van der Waals surface area contributed by atoms with E-state index in [4.69, 9.17) is 4.74 Å². The van der Waals surface area contributed by atoms with Crippen molar-refractivity contribution in [2.75, 3.05) is 39.8 Å². The normalized spacial score (nSPS) is 23.4. The molecule has 4 nitrogen and oxygen atoms in total. The van der Waals surface area contributed by atoms with Crippen molar-refractivity contribution in [1.82, 2.24) is 10.2 Å². The first kappa shape index (κ1) is 14.5. The van der Waals surface area contributed by atoms with E-state index in [-0.39, 0.29) is 11.9 Å². The topological polar surface area (TPSA) is 41.6 Å². The lowest BCUT2D eigenvalue weighted by Crippen LogP contribution is -2.42. The minimum Gasteiger partial charge on any atom is -0.466 e. The van der Waals surface area contributed by atoms with Crippen molar-refractivity contribution in [2.45, 2.75) is 26.7 Å². The molecule has 1 fully saturated rings. The van der Waals surface area contributed by atoms with E-state index in [1.54, 1.807) is 0 Å². The summed E-state index contributed by atoms with van der Waals surface area (Å²) in [6, 6.07) is 0. The molecule has 1 heterocycles. The van der Waals surface area contributed by atoms with E-state index >= 15 is 0 Å². The van der Waals surface area contributed by atoms with Crippen LogP contribution in [-0.4, -0.2) is 50.7 Å². The Labute approximate surface area is 105 Å². The van der Waals surface area contributed by atoms with Gasteiger partial charge in [0, 0.05) is 13.1 Å². The maximum Gasteiger partial charge on any atom is 0.310 e. The van der Waals surface area contributed by atoms with E-state index in [9.17, 15) is 4.79 Å². The molecule has 17 heavy (non-hydrogen) atoms. The molecule has 4 heteroatoms. The van der Waals surface area contributed by atoms with Gasteiger partial charge in [0.1, 0.15) is 0 Å². The maximum absolute atomic E-state index is 11.7. The summed E-state index contributed by atoms with van der Waals surface area (Å²) >= 11 is 0. The lowest BCUT2D eigenvalue weighted by molar-refractivity contribution is -0.150. The van der Waals surface area contributed by atoms with Gasteiger partial charge in [0.05, 0.1) is 12.5 Å². The number of nitrogens with zero attached hydrogens (tertiary/aromatic N) is 1. The Morgan fingerprint density at radius 3 is 3.00 bits per heavy atom. The molecule has 0 aromatic heterocycles. The van der Waals surface area contributed by atoms with Gasteiger partial charge in [0.2, 0.25) is 0 Å². The summed E-state index contributed by atoms with van der Waals surface area (Å²) in [5.74, 6) is 0.699. The highest BCUT2D eigenvalue weighted by molar-refractivity contribution is 5.72. The summed E-state index contributed by atoms with van der Waals surface area (Å²) in [5, 5.41) is 3.19. The Kier molecular flexibility index (Phi) is 6.52. The third-order valence-corrected chi connectivity index (χ3v) is 3.25. The Hall–Kier alpha value is -0.610. The molecule has 100 valence electrons.